The van der Waals surface area contributed by atoms with Gasteiger partial charge in [-0.3, -0.25) is 9.78 Å². The molecule has 112 valence electrons. The Morgan fingerprint density at radius 2 is 1.74 bits per heavy atom. The molecule has 2 aromatic carbocycles. The molecule has 0 aliphatic carbocycles. The van der Waals surface area contributed by atoms with Crippen LogP contribution in [0.5, 0.6) is 0 Å². The minimum Gasteiger partial charge on any atom is -0.359 e. The van der Waals surface area contributed by atoms with Crippen molar-refractivity contribution in [1.29, 1.82) is 0 Å². The van der Waals surface area contributed by atoms with Crippen LogP contribution < -0.4 is 4.90 Å². The van der Waals surface area contributed by atoms with Crippen molar-refractivity contribution in [3.63, 3.8) is 0 Å². The molecular weight excluding hydrogens is 284 g/mol. The monoisotopic (exact) mass is 300 g/mol. The molecule has 3 heteroatoms. The average molecular weight is 300 g/mol. The number of carbonyl (C=O) groups is 1. The molecule has 0 saturated carbocycles. The van der Waals surface area contributed by atoms with Crippen molar-refractivity contribution >= 4 is 11.5 Å². The first kappa shape index (κ1) is 13.7. The van der Waals surface area contributed by atoms with E-state index in [2.05, 4.69) is 28.1 Å². The number of anilines is 1. The highest BCUT2D eigenvalue weighted by Gasteiger charge is 2.24. The zero-order valence-corrected chi connectivity index (χ0v) is 12.6. The molecule has 1 aromatic heterocycles. The maximum Gasteiger partial charge on any atom is 0.182 e. The predicted octanol–water partition coefficient (Wildman–Crippen LogP) is 3.95. The Labute approximate surface area is 135 Å². The van der Waals surface area contributed by atoms with E-state index in [1.807, 2.05) is 54.7 Å². The second kappa shape index (κ2) is 5.69. The van der Waals surface area contributed by atoms with Crippen LogP contribution in [-0.4, -0.2) is 17.3 Å². The second-order valence-corrected chi connectivity index (χ2v) is 5.67. The van der Waals surface area contributed by atoms with E-state index in [9.17, 15) is 4.79 Å². The lowest BCUT2D eigenvalue weighted by molar-refractivity contribution is 0.0998. The Hall–Kier alpha value is -2.94. The summed E-state index contributed by atoms with van der Waals surface area (Å²) < 4.78 is 0. The molecule has 3 aromatic rings. The lowest BCUT2D eigenvalue weighted by atomic mass is 9.97. The number of nitrogens with zero attached hydrogens (tertiary/aromatic N) is 2. The van der Waals surface area contributed by atoms with Gasteiger partial charge in [0.25, 0.3) is 0 Å². The van der Waals surface area contributed by atoms with Crippen LogP contribution in [0.4, 0.5) is 5.69 Å². The lowest BCUT2D eigenvalue weighted by Gasteiger charge is -2.31. The third-order valence-corrected chi connectivity index (χ3v) is 4.18. The molecule has 1 aliphatic heterocycles. The summed E-state index contributed by atoms with van der Waals surface area (Å²) in [5, 5.41) is 0. The van der Waals surface area contributed by atoms with Gasteiger partial charge >= 0.3 is 0 Å². The summed E-state index contributed by atoms with van der Waals surface area (Å²) in [5.41, 5.74) is 5.10. The van der Waals surface area contributed by atoms with E-state index in [1.165, 1.54) is 0 Å². The van der Waals surface area contributed by atoms with Gasteiger partial charge in [0.05, 0.1) is 12.2 Å². The molecule has 3 nitrogen and oxygen atoms in total. The van der Waals surface area contributed by atoms with Crippen molar-refractivity contribution in [1.82, 2.24) is 4.98 Å². The molecule has 0 N–H and O–H groups in total. The Kier molecular flexibility index (Phi) is 3.39. The molecule has 23 heavy (non-hydrogen) atoms. The third-order valence-electron chi connectivity index (χ3n) is 4.18. The van der Waals surface area contributed by atoms with E-state index in [1.54, 1.807) is 0 Å². The standard InChI is InChI=1S/C20H16N2O/c23-19(15-7-2-1-3-8-15)14-22-13-16-9-6-12-21-20(16)17-10-4-5-11-18(17)22/h1-12H,13-14H2. The van der Waals surface area contributed by atoms with Gasteiger partial charge in [-0.15, -0.1) is 0 Å². The minimum atomic E-state index is 0.132. The number of Topliss-reactive ketones (excluding diaryl/α,β-unsaturated/α-hetero) is 1. The minimum absolute atomic E-state index is 0.132. The summed E-state index contributed by atoms with van der Waals surface area (Å²) in [7, 11) is 0. The Morgan fingerprint density at radius 3 is 2.61 bits per heavy atom. The summed E-state index contributed by atoms with van der Waals surface area (Å²) >= 11 is 0. The smallest absolute Gasteiger partial charge is 0.182 e. The summed E-state index contributed by atoms with van der Waals surface area (Å²) in [6, 6.07) is 21.6. The van der Waals surface area contributed by atoms with Gasteiger partial charge in [-0.1, -0.05) is 54.6 Å². The summed E-state index contributed by atoms with van der Waals surface area (Å²) in [6.45, 7) is 1.08. The number of ketones is 1. The van der Waals surface area contributed by atoms with Crippen molar-refractivity contribution in [3.8, 4) is 11.3 Å². The lowest BCUT2D eigenvalue weighted by Crippen LogP contribution is -2.32. The van der Waals surface area contributed by atoms with E-state index >= 15 is 0 Å². The largest absolute Gasteiger partial charge is 0.359 e. The van der Waals surface area contributed by atoms with Gasteiger partial charge in [0.2, 0.25) is 0 Å². The zero-order valence-electron chi connectivity index (χ0n) is 12.6. The van der Waals surface area contributed by atoms with Gasteiger partial charge in [0, 0.05) is 29.6 Å². The van der Waals surface area contributed by atoms with Crippen molar-refractivity contribution in [2.75, 3.05) is 11.4 Å². The van der Waals surface area contributed by atoms with Crippen LogP contribution in [0, 0.1) is 0 Å². The van der Waals surface area contributed by atoms with Gasteiger partial charge in [-0.25, -0.2) is 0 Å². The highest BCUT2D eigenvalue weighted by atomic mass is 16.1. The average Bonchev–Trinajstić information content (AvgIpc) is 2.62. The van der Waals surface area contributed by atoms with E-state index in [0.29, 0.717) is 13.1 Å². The zero-order chi connectivity index (χ0) is 15.6. The maximum atomic E-state index is 12.6. The van der Waals surface area contributed by atoms with Gasteiger partial charge in [0.1, 0.15) is 0 Å². The van der Waals surface area contributed by atoms with Gasteiger partial charge in [-0.2, -0.15) is 0 Å². The van der Waals surface area contributed by atoms with Gasteiger partial charge < -0.3 is 4.90 Å². The molecule has 0 spiro atoms. The number of fused-ring (bicyclic) bond motifs is 3. The Balaban J connectivity index is 1.70. The molecule has 4 rings (SSSR count). The van der Waals surface area contributed by atoms with Crippen molar-refractivity contribution in [2.24, 2.45) is 0 Å². The maximum absolute atomic E-state index is 12.6. The molecule has 0 amide bonds. The molecule has 0 unspecified atom stereocenters. The fourth-order valence-electron chi connectivity index (χ4n) is 3.08. The van der Waals surface area contributed by atoms with E-state index < -0.39 is 0 Å². The normalized spacial score (nSPS) is 12.4. The number of hydrogen-bond donors (Lipinski definition) is 0. The van der Waals surface area contributed by atoms with Crippen LogP contribution in [0.25, 0.3) is 11.3 Å². The van der Waals surface area contributed by atoms with Crippen LogP contribution in [-0.2, 0) is 6.54 Å². The first-order chi connectivity index (χ1) is 11.3. The van der Waals surface area contributed by atoms with Crippen LogP contribution in [0.15, 0.2) is 72.9 Å². The molecule has 0 bridgehead atoms. The van der Waals surface area contributed by atoms with Crippen LogP contribution >= 0.6 is 0 Å². The summed E-state index contributed by atoms with van der Waals surface area (Å²) in [5.74, 6) is 0.132. The molecule has 1 aliphatic rings. The fraction of sp³-hybridized carbons (Fsp3) is 0.100. The van der Waals surface area contributed by atoms with E-state index in [-0.39, 0.29) is 5.78 Å². The predicted molar refractivity (Wildman–Crippen MR) is 91.5 cm³/mol. The van der Waals surface area contributed by atoms with Crippen LogP contribution in [0.3, 0.4) is 0 Å². The van der Waals surface area contributed by atoms with Crippen LogP contribution in [0.2, 0.25) is 0 Å². The van der Waals surface area contributed by atoms with Crippen LogP contribution in [0.1, 0.15) is 15.9 Å². The summed E-state index contributed by atoms with van der Waals surface area (Å²) in [6.07, 6.45) is 1.82. The quantitative estimate of drug-likeness (QED) is 0.687. The number of rotatable bonds is 3. The SMILES string of the molecule is O=C(CN1Cc2cccnc2-c2ccccc21)c1ccccc1. The first-order valence-electron chi connectivity index (χ1n) is 7.69. The number of aromatic nitrogens is 1. The van der Waals surface area contributed by atoms with Gasteiger partial charge in [0.15, 0.2) is 5.78 Å². The molecule has 0 saturated heterocycles. The van der Waals surface area contributed by atoms with E-state index in [4.69, 9.17) is 0 Å². The Morgan fingerprint density at radius 1 is 0.957 bits per heavy atom. The molecule has 0 fully saturated rings. The highest BCUT2D eigenvalue weighted by molar-refractivity contribution is 6.00. The molecule has 2 heterocycles. The Bertz CT molecular complexity index is 858. The number of benzene rings is 2. The van der Waals surface area contributed by atoms with Crippen molar-refractivity contribution in [2.45, 2.75) is 6.54 Å². The van der Waals surface area contributed by atoms with Crippen molar-refractivity contribution < 1.29 is 4.79 Å². The van der Waals surface area contributed by atoms with Gasteiger partial charge in [-0.05, 0) is 17.7 Å². The third kappa shape index (κ3) is 2.50. The summed E-state index contributed by atoms with van der Waals surface area (Å²) in [4.78, 5) is 19.2. The second-order valence-electron chi connectivity index (χ2n) is 5.67. The molecular formula is C20H16N2O. The number of carbonyl (C=O) groups excluding carboxylic acids is 1. The number of hydrogen-bond acceptors (Lipinski definition) is 3. The highest BCUT2D eigenvalue weighted by Crippen LogP contribution is 2.37. The molecule has 0 atom stereocenters. The number of pyridine rings is 1. The fourth-order valence-corrected chi connectivity index (χ4v) is 3.08. The molecule has 0 radical (unpaired) electrons. The topological polar surface area (TPSA) is 33.2 Å². The number of para-hydroxylation sites is 1. The van der Waals surface area contributed by atoms with E-state index in [0.717, 1.165) is 28.1 Å². The van der Waals surface area contributed by atoms with Crippen molar-refractivity contribution in [3.05, 3.63) is 84.1 Å². The first-order valence-corrected chi connectivity index (χ1v) is 7.69.